The number of halogens is 1. The minimum atomic E-state index is -0.166. The van der Waals surface area contributed by atoms with Crippen molar-refractivity contribution in [3.8, 4) is 5.75 Å². The number of nitrogens with zero attached hydrogens (tertiary/aromatic N) is 2. The Morgan fingerprint density at radius 1 is 1.00 bits per heavy atom. The number of fused-ring (bicyclic) bond motifs is 1. The fourth-order valence-electron chi connectivity index (χ4n) is 5.02. The number of ether oxygens (including phenoxy) is 1. The molecule has 0 saturated carbocycles. The highest BCUT2D eigenvalue weighted by Crippen LogP contribution is 2.30. The van der Waals surface area contributed by atoms with Gasteiger partial charge in [-0.1, -0.05) is 48.0 Å². The zero-order valence-electron chi connectivity index (χ0n) is 19.2. The smallest absolute Gasteiger partial charge is 0.125 e. The lowest BCUT2D eigenvalue weighted by Gasteiger charge is -2.33. The summed E-state index contributed by atoms with van der Waals surface area (Å²) in [5.41, 5.74) is 5.84. The third kappa shape index (κ3) is 5.17. The van der Waals surface area contributed by atoms with Crippen LogP contribution in [0.3, 0.4) is 0 Å². The molecule has 0 N–H and O–H groups in total. The maximum Gasteiger partial charge on any atom is 0.125 e. The van der Waals surface area contributed by atoms with Crippen LogP contribution in [-0.4, -0.2) is 30.2 Å². The Bertz CT molecular complexity index is 1100. The van der Waals surface area contributed by atoms with Crippen LogP contribution >= 0.6 is 0 Å². The number of benzene rings is 3. The third-order valence-electron chi connectivity index (χ3n) is 6.92. The van der Waals surface area contributed by atoms with Crippen molar-refractivity contribution in [2.75, 3.05) is 19.6 Å². The molecule has 2 aliphatic rings. The standard InChI is InChI=1S/C29H31FN2O/c1-21-7-10-26(11-8-21)33-28(22-5-3-2-4-6-22)15-18-32-16-13-23(14-17-32)29-27-12-9-25(30)19-24(27)20-31-29/h2-12,19,23,28H,13-18,20H2,1H3. The molecule has 3 nitrogen and oxygen atoms in total. The monoisotopic (exact) mass is 442 g/mol. The van der Waals surface area contributed by atoms with Crippen LogP contribution < -0.4 is 4.74 Å². The molecule has 5 rings (SSSR count). The van der Waals surface area contributed by atoms with E-state index >= 15 is 0 Å². The van der Waals surface area contributed by atoms with E-state index in [0.717, 1.165) is 55.8 Å². The zero-order valence-corrected chi connectivity index (χ0v) is 19.2. The normalized spacial score (nSPS) is 17.5. The zero-order chi connectivity index (χ0) is 22.6. The first-order valence-electron chi connectivity index (χ1n) is 12.0. The van der Waals surface area contributed by atoms with Gasteiger partial charge in [-0.25, -0.2) is 4.39 Å². The van der Waals surface area contributed by atoms with Gasteiger partial charge in [0.1, 0.15) is 17.7 Å². The molecule has 0 bridgehead atoms. The van der Waals surface area contributed by atoms with Crippen molar-refractivity contribution in [3.63, 3.8) is 0 Å². The lowest BCUT2D eigenvalue weighted by molar-refractivity contribution is 0.146. The molecular formula is C29H31FN2O. The highest BCUT2D eigenvalue weighted by Gasteiger charge is 2.28. The highest BCUT2D eigenvalue weighted by atomic mass is 19.1. The molecule has 2 heterocycles. The molecular weight excluding hydrogens is 411 g/mol. The quantitative estimate of drug-likeness (QED) is 0.425. The molecule has 4 heteroatoms. The van der Waals surface area contributed by atoms with Crippen LogP contribution in [0.1, 0.15) is 47.6 Å². The van der Waals surface area contributed by atoms with E-state index in [1.807, 2.05) is 6.07 Å². The van der Waals surface area contributed by atoms with E-state index in [0.29, 0.717) is 12.5 Å². The van der Waals surface area contributed by atoms with Crippen molar-refractivity contribution in [1.82, 2.24) is 4.90 Å². The number of likely N-dealkylation sites (tertiary alicyclic amines) is 1. The van der Waals surface area contributed by atoms with Crippen molar-refractivity contribution < 1.29 is 9.13 Å². The number of aliphatic imine (C=N–C) groups is 1. The Morgan fingerprint density at radius 3 is 2.52 bits per heavy atom. The van der Waals surface area contributed by atoms with Crippen molar-refractivity contribution in [2.24, 2.45) is 10.9 Å². The van der Waals surface area contributed by atoms with E-state index in [2.05, 4.69) is 66.4 Å². The van der Waals surface area contributed by atoms with Crippen molar-refractivity contribution in [3.05, 3.63) is 101 Å². The summed E-state index contributed by atoms with van der Waals surface area (Å²) in [4.78, 5) is 7.32. The lowest BCUT2D eigenvalue weighted by atomic mass is 9.87. The summed E-state index contributed by atoms with van der Waals surface area (Å²) in [6, 6.07) is 24.0. The van der Waals surface area contributed by atoms with Gasteiger partial charge in [0.2, 0.25) is 0 Å². The van der Waals surface area contributed by atoms with E-state index in [9.17, 15) is 4.39 Å². The second-order valence-electron chi connectivity index (χ2n) is 9.24. The predicted octanol–water partition coefficient (Wildman–Crippen LogP) is 6.36. The first kappa shape index (κ1) is 21.8. The largest absolute Gasteiger partial charge is 0.486 e. The Hall–Kier alpha value is -2.98. The number of hydrogen-bond acceptors (Lipinski definition) is 3. The average Bonchev–Trinajstić information content (AvgIpc) is 3.27. The fourth-order valence-corrected chi connectivity index (χ4v) is 5.02. The summed E-state index contributed by atoms with van der Waals surface area (Å²) in [6.45, 7) is 5.85. The summed E-state index contributed by atoms with van der Waals surface area (Å²) in [5, 5.41) is 0. The molecule has 170 valence electrons. The molecule has 1 fully saturated rings. The van der Waals surface area contributed by atoms with Gasteiger partial charge in [0, 0.05) is 30.2 Å². The Kier molecular flexibility index (Phi) is 6.54. The molecule has 0 spiro atoms. The van der Waals surface area contributed by atoms with Crippen molar-refractivity contribution in [1.29, 1.82) is 0 Å². The van der Waals surface area contributed by atoms with Crippen LogP contribution in [0.15, 0.2) is 77.8 Å². The molecule has 0 radical (unpaired) electrons. The van der Waals surface area contributed by atoms with Crippen molar-refractivity contribution in [2.45, 2.75) is 38.8 Å². The molecule has 3 aromatic rings. The Morgan fingerprint density at radius 2 is 1.76 bits per heavy atom. The summed E-state index contributed by atoms with van der Waals surface area (Å²) < 4.78 is 20.0. The number of piperidine rings is 1. The Balaban J connectivity index is 1.19. The average molecular weight is 443 g/mol. The summed E-state index contributed by atoms with van der Waals surface area (Å²) in [7, 11) is 0. The molecule has 33 heavy (non-hydrogen) atoms. The van der Waals surface area contributed by atoms with Gasteiger partial charge in [-0.3, -0.25) is 4.99 Å². The van der Waals surface area contributed by atoms with Gasteiger partial charge in [-0.15, -0.1) is 0 Å². The molecule has 1 saturated heterocycles. The van der Waals surface area contributed by atoms with Crippen LogP contribution in [0.5, 0.6) is 5.75 Å². The van der Waals surface area contributed by atoms with Crippen LogP contribution in [-0.2, 0) is 6.54 Å². The fraction of sp³-hybridized carbons (Fsp3) is 0.345. The van der Waals surface area contributed by atoms with Crippen LogP contribution in [0.4, 0.5) is 4.39 Å². The number of hydrogen-bond donors (Lipinski definition) is 0. The molecule has 0 amide bonds. The Labute approximate surface area is 195 Å². The molecule has 0 aromatic heterocycles. The van der Waals surface area contributed by atoms with E-state index in [-0.39, 0.29) is 11.9 Å². The van der Waals surface area contributed by atoms with E-state index in [1.54, 1.807) is 12.1 Å². The second-order valence-corrected chi connectivity index (χ2v) is 9.24. The van der Waals surface area contributed by atoms with E-state index < -0.39 is 0 Å². The number of rotatable bonds is 7. The van der Waals surface area contributed by atoms with Gasteiger partial charge in [-0.2, -0.15) is 0 Å². The topological polar surface area (TPSA) is 24.8 Å². The van der Waals surface area contributed by atoms with Crippen molar-refractivity contribution >= 4 is 5.71 Å². The number of aryl methyl sites for hydroxylation is 1. The van der Waals surface area contributed by atoms with Gasteiger partial charge in [0.05, 0.1) is 6.54 Å². The van der Waals surface area contributed by atoms with Crippen LogP contribution in [0, 0.1) is 18.7 Å². The summed E-state index contributed by atoms with van der Waals surface area (Å²) in [6.07, 6.45) is 3.19. The molecule has 0 aliphatic carbocycles. The molecule has 1 atom stereocenters. The summed E-state index contributed by atoms with van der Waals surface area (Å²) >= 11 is 0. The SMILES string of the molecule is Cc1ccc(OC(CCN2CCC(C3=NCc4cc(F)ccc43)CC2)c2ccccc2)cc1. The van der Waals surface area contributed by atoms with Gasteiger partial charge < -0.3 is 9.64 Å². The van der Waals surface area contributed by atoms with E-state index in [4.69, 9.17) is 9.73 Å². The summed E-state index contributed by atoms with van der Waals surface area (Å²) in [5.74, 6) is 1.23. The predicted molar refractivity (Wildman–Crippen MR) is 131 cm³/mol. The maximum absolute atomic E-state index is 13.5. The molecule has 3 aromatic carbocycles. The highest BCUT2D eigenvalue weighted by molar-refractivity contribution is 6.05. The second kappa shape index (κ2) is 9.88. The third-order valence-corrected chi connectivity index (χ3v) is 6.92. The molecule has 1 unspecified atom stereocenters. The minimum Gasteiger partial charge on any atom is -0.486 e. The maximum atomic E-state index is 13.5. The minimum absolute atomic E-state index is 0.0348. The van der Waals surface area contributed by atoms with Gasteiger partial charge in [-0.05, 0) is 74.3 Å². The van der Waals surface area contributed by atoms with E-state index in [1.165, 1.54) is 16.8 Å². The lowest BCUT2D eigenvalue weighted by Crippen LogP contribution is -2.37. The van der Waals surface area contributed by atoms with Gasteiger partial charge >= 0.3 is 0 Å². The van der Waals surface area contributed by atoms with Crippen LogP contribution in [0.2, 0.25) is 0 Å². The van der Waals surface area contributed by atoms with Gasteiger partial charge in [0.15, 0.2) is 0 Å². The van der Waals surface area contributed by atoms with Crippen LogP contribution in [0.25, 0.3) is 0 Å². The van der Waals surface area contributed by atoms with Gasteiger partial charge in [0.25, 0.3) is 0 Å². The first-order valence-corrected chi connectivity index (χ1v) is 12.0. The first-order chi connectivity index (χ1) is 16.2. The molecule has 2 aliphatic heterocycles.